The van der Waals surface area contributed by atoms with Crippen molar-refractivity contribution in [2.24, 2.45) is 11.8 Å². The van der Waals surface area contributed by atoms with Crippen LogP contribution in [0.4, 0.5) is 0 Å². The summed E-state index contributed by atoms with van der Waals surface area (Å²) in [5.41, 5.74) is 1.44. The summed E-state index contributed by atoms with van der Waals surface area (Å²) in [6.07, 6.45) is 7.57. The Morgan fingerprint density at radius 2 is 2.25 bits per heavy atom. The molecule has 2 nitrogen and oxygen atoms in total. The zero-order chi connectivity index (χ0) is 11.4. The number of hydrogen-bond donors (Lipinski definition) is 1. The molecule has 92 valence electrons. The van der Waals surface area contributed by atoms with Gasteiger partial charge in [0.2, 0.25) is 0 Å². The molecule has 3 unspecified atom stereocenters. The Hall–Kier alpha value is -0.340. The van der Waals surface area contributed by atoms with E-state index in [4.69, 9.17) is 4.74 Å². The molecule has 1 aliphatic carbocycles. The second kappa shape index (κ2) is 5.83. The Kier molecular flexibility index (Phi) is 4.42. The largest absolute Gasteiger partial charge is 0.377 e. The quantitative estimate of drug-likeness (QED) is 0.743. The van der Waals surface area contributed by atoms with Crippen LogP contribution >= 0.6 is 0 Å². The lowest BCUT2D eigenvalue weighted by Crippen LogP contribution is -2.41. The van der Waals surface area contributed by atoms with Crippen LogP contribution in [0.2, 0.25) is 0 Å². The van der Waals surface area contributed by atoms with E-state index in [1.54, 1.807) is 0 Å². The second-order valence-electron chi connectivity index (χ2n) is 5.46. The topological polar surface area (TPSA) is 21.3 Å². The van der Waals surface area contributed by atoms with Gasteiger partial charge in [-0.3, -0.25) is 0 Å². The summed E-state index contributed by atoms with van der Waals surface area (Å²) in [5, 5.41) is 3.72. The molecule has 1 N–H and O–H groups in total. The number of rotatable bonds is 3. The normalized spacial score (nSPS) is 35.9. The van der Waals surface area contributed by atoms with Crippen LogP contribution in [0, 0.1) is 11.8 Å². The van der Waals surface area contributed by atoms with Gasteiger partial charge in [-0.05, 0) is 30.3 Å². The lowest BCUT2D eigenvalue weighted by molar-refractivity contribution is 0.146. The lowest BCUT2D eigenvalue weighted by atomic mass is 9.78. The van der Waals surface area contributed by atoms with Crippen LogP contribution in [0.3, 0.4) is 0 Å². The molecule has 0 aromatic rings. The Balaban J connectivity index is 1.78. The molecule has 0 amide bonds. The van der Waals surface area contributed by atoms with Gasteiger partial charge >= 0.3 is 0 Å². The maximum absolute atomic E-state index is 5.46. The highest BCUT2D eigenvalue weighted by Gasteiger charge is 2.26. The number of ether oxygens (including phenoxy) is 1. The monoisotopic (exact) mass is 223 g/mol. The first-order valence-corrected chi connectivity index (χ1v) is 6.76. The minimum atomic E-state index is 0.714. The predicted octanol–water partition coefficient (Wildman–Crippen LogP) is 2.75. The second-order valence-corrected chi connectivity index (χ2v) is 5.46. The standard InChI is InChI=1S/C14H25NO/c1-11-5-3-7-14(12(11)2)15-9-13-6-4-8-16-10-13/h6,11-12,14-15H,3-5,7-10H2,1-2H3. The molecule has 0 aromatic heterocycles. The van der Waals surface area contributed by atoms with Crippen molar-refractivity contribution >= 4 is 0 Å². The predicted molar refractivity (Wildman–Crippen MR) is 67.5 cm³/mol. The van der Waals surface area contributed by atoms with Crippen LogP contribution in [-0.2, 0) is 4.74 Å². The third-order valence-corrected chi connectivity index (χ3v) is 4.28. The summed E-state index contributed by atoms with van der Waals surface area (Å²) >= 11 is 0. The van der Waals surface area contributed by atoms with Crippen molar-refractivity contribution in [2.75, 3.05) is 19.8 Å². The minimum Gasteiger partial charge on any atom is -0.377 e. The van der Waals surface area contributed by atoms with Gasteiger partial charge in [0, 0.05) is 12.6 Å². The molecule has 0 radical (unpaired) electrons. The number of nitrogens with one attached hydrogen (secondary N) is 1. The van der Waals surface area contributed by atoms with Gasteiger partial charge in [-0.15, -0.1) is 0 Å². The van der Waals surface area contributed by atoms with Crippen LogP contribution in [0.25, 0.3) is 0 Å². The van der Waals surface area contributed by atoms with E-state index in [0.717, 1.165) is 38.0 Å². The molecule has 2 aliphatic rings. The first-order valence-electron chi connectivity index (χ1n) is 6.76. The van der Waals surface area contributed by atoms with Crippen molar-refractivity contribution in [3.8, 4) is 0 Å². The summed E-state index contributed by atoms with van der Waals surface area (Å²) in [6, 6.07) is 0.714. The molecule has 0 saturated heterocycles. The van der Waals surface area contributed by atoms with Gasteiger partial charge in [-0.25, -0.2) is 0 Å². The maximum atomic E-state index is 5.46. The van der Waals surface area contributed by atoms with Crippen LogP contribution in [0.1, 0.15) is 39.5 Å². The Labute approximate surface area is 99.4 Å². The Bertz CT molecular complexity index is 249. The van der Waals surface area contributed by atoms with E-state index in [1.807, 2.05) is 0 Å². The van der Waals surface area contributed by atoms with E-state index < -0.39 is 0 Å². The van der Waals surface area contributed by atoms with Crippen molar-refractivity contribution in [3.05, 3.63) is 11.6 Å². The summed E-state index contributed by atoms with van der Waals surface area (Å²) in [6.45, 7) is 7.56. The first kappa shape index (κ1) is 12.1. The smallest absolute Gasteiger partial charge is 0.0689 e. The van der Waals surface area contributed by atoms with E-state index in [9.17, 15) is 0 Å². The third-order valence-electron chi connectivity index (χ3n) is 4.28. The molecular weight excluding hydrogens is 198 g/mol. The molecule has 1 heterocycles. The summed E-state index contributed by atoms with van der Waals surface area (Å²) in [5.74, 6) is 1.70. The molecule has 0 bridgehead atoms. The van der Waals surface area contributed by atoms with E-state index in [0.29, 0.717) is 6.04 Å². The molecule has 0 spiro atoms. The summed E-state index contributed by atoms with van der Waals surface area (Å²) in [7, 11) is 0. The lowest BCUT2D eigenvalue weighted by Gasteiger charge is -2.35. The molecule has 0 aromatic carbocycles. The minimum absolute atomic E-state index is 0.714. The fourth-order valence-corrected chi connectivity index (χ4v) is 2.86. The van der Waals surface area contributed by atoms with Gasteiger partial charge in [-0.2, -0.15) is 0 Å². The van der Waals surface area contributed by atoms with Crippen molar-refractivity contribution < 1.29 is 4.74 Å². The molecule has 16 heavy (non-hydrogen) atoms. The van der Waals surface area contributed by atoms with Gasteiger partial charge in [0.15, 0.2) is 0 Å². The summed E-state index contributed by atoms with van der Waals surface area (Å²) in [4.78, 5) is 0. The maximum Gasteiger partial charge on any atom is 0.0689 e. The molecule has 2 rings (SSSR count). The SMILES string of the molecule is CC1CCCC(NCC2=CCCOC2)C1C. The van der Waals surface area contributed by atoms with Crippen LogP contribution in [-0.4, -0.2) is 25.8 Å². The molecular formula is C14H25NO. The zero-order valence-electron chi connectivity index (χ0n) is 10.7. The van der Waals surface area contributed by atoms with Gasteiger partial charge in [0.05, 0.1) is 13.2 Å². The fourth-order valence-electron chi connectivity index (χ4n) is 2.86. The molecule has 1 fully saturated rings. The van der Waals surface area contributed by atoms with Crippen molar-refractivity contribution in [2.45, 2.75) is 45.6 Å². The highest BCUT2D eigenvalue weighted by molar-refractivity contribution is 5.07. The van der Waals surface area contributed by atoms with Gasteiger partial charge in [0.1, 0.15) is 0 Å². The average Bonchev–Trinajstić information content (AvgIpc) is 2.32. The van der Waals surface area contributed by atoms with Crippen molar-refractivity contribution in [1.29, 1.82) is 0 Å². The van der Waals surface area contributed by atoms with E-state index in [2.05, 4.69) is 25.2 Å². The molecule has 3 atom stereocenters. The highest BCUT2D eigenvalue weighted by atomic mass is 16.5. The van der Waals surface area contributed by atoms with Crippen molar-refractivity contribution in [3.63, 3.8) is 0 Å². The van der Waals surface area contributed by atoms with Crippen LogP contribution < -0.4 is 5.32 Å². The molecule has 2 heteroatoms. The van der Waals surface area contributed by atoms with Gasteiger partial charge in [-0.1, -0.05) is 32.8 Å². The van der Waals surface area contributed by atoms with Crippen LogP contribution in [0.15, 0.2) is 11.6 Å². The number of hydrogen-bond acceptors (Lipinski definition) is 2. The highest BCUT2D eigenvalue weighted by Crippen LogP contribution is 2.29. The van der Waals surface area contributed by atoms with Crippen molar-refractivity contribution in [1.82, 2.24) is 5.32 Å². The fraction of sp³-hybridized carbons (Fsp3) is 0.857. The van der Waals surface area contributed by atoms with E-state index in [-0.39, 0.29) is 0 Å². The van der Waals surface area contributed by atoms with Gasteiger partial charge in [0.25, 0.3) is 0 Å². The third kappa shape index (κ3) is 3.08. The van der Waals surface area contributed by atoms with Gasteiger partial charge < -0.3 is 10.1 Å². The van der Waals surface area contributed by atoms with E-state index in [1.165, 1.54) is 24.8 Å². The Morgan fingerprint density at radius 1 is 1.38 bits per heavy atom. The molecule has 1 aliphatic heterocycles. The zero-order valence-corrected chi connectivity index (χ0v) is 10.7. The average molecular weight is 223 g/mol. The summed E-state index contributed by atoms with van der Waals surface area (Å²) < 4.78 is 5.46. The van der Waals surface area contributed by atoms with E-state index >= 15 is 0 Å². The first-order chi connectivity index (χ1) is 7.77. The van der Waals surface area contributed by atoms with Crippen LogP contribution in [0.5, 0.6) is 0 Å². The molecule has 1 saturated carbocycles. The Morgan fingerprint density at radius 3 is 3.00 bits per heavy atom.